The third-order valence-electron chi connectivity index (χ3n) is 4.45. The van der Waals surface area contributed by atoms with Gasteiger partial charge in [0.2, 0.25) is 0 Å². The van der Waals surface area contributed by atoms with Gasteiger partial charge in [-0.15, -0.1) is 0 Å². The van der Waals surface area contributed by atoms with Crippen LogP contribution in [0, 0.1) is 5.92 Å². The van der Waals surface area contributed by atoms with Crippen molar-refractivity contribution in [1.29, 1.82) is 0 Å². The van der Waals surface area contributed by atoms with E-state index in [1.54, 1.807) is 0 Å². The highest BCUT2D eigenvalue weighted by molar-refractivity contribution is 5.23. The fourth-order valence-electron chi connectivity index (χ4n) is 3.04. The Kier molecular flexibility index (Phi) is 5.83. The number of nitrogens with zero attached hydrogens (tertiary/aromatic N) is 1. The lowest BCUT2D eigenvalue weighted by atomic mass is 10.1. The molecule has 1 atom stereocenters. The summed E-state index contributed by atoms with van der Waals surface area (Å²) in [5, 5.41) is 3.55. The molecule has 1 saturated heterocycles. The van der Waals surface area contributed by atoms with E-state index in [2.05, 4.69) is 62.2 Å². The predicted molar refractivity (Wildman–Crippen MR) is 91.6 cm³/mol. The average molecular weight is 288 g/mol. The zero-order chi connectivity index (χ0) is 15.3. The first-order valence-electron chi connectivity index (χ1n) is 8.51. The van der Waals surface area contributed by atoms with Gasteiger partial charge in [0.1, 0.15) is 0 Å². The molecule has 1 aromatic carbocycles. The average Bonchev–Trinajstić information content (AvgIpc) is 2.87. The van der Waals surface area contributed by atoms with Crippen molar-refractivity contribution in [3.63, 3.8) is 0 Å². The predicted octanol–water partition coefficient (Wildman–Crippen LogP) is 3.85. The van der Waals surface area contributed by atoms with Gasteiger partial charge in [0.05, 0.1) is 0 Å². The number of rotatable bonds is 6. The summed E-state index contributed by atoms with van der Waals surface area (Å²) in [6.07, 6.45) is 3.82. The quantitative estimate of drug-likeness (QED) is 0.855. The fraction of sp³-hybridized carbons (Fsp3) is 0.684. The lowest BCUT2D eigenvalue weighted by Gasteiger charge is -2.20. The summed E-state index contributed by atoms with van der Waals surface area (Å²) in [5.74, 6) is 0.924. The lowest BCUT2D eigenvalue weighted by molar-refractivity contribution is 0.315. The molecule has 1 fully saturated rings. The van der Waals surface area contributed by atoms with Crippen LogP contribution in [0.25, 0.3) is 0 Å². The van der Waals surface area contributed by atoms with Gasteiger partial charge < -0.3 is 5.32 Å². The SMILES string of the molecule is CCC1CCN(Cc2ccc(CCNC(C)(C)C)cc2)C1. The summed E-state index contributed by atoms with van der Waals surface area (Å²) in [6, 6.07) is 9.22. The molecule has 0 amide bonds. The van der Waals surface area contributed by atoms with E-state index in [1.807, 2.05) is 0 Å². The molecule has 1 N–H and O–H groups in total. The van der Waals surface area contributed by atoms with Gasteiger partial charge >= 0.3 is 0 Å². The van der Waals surface area contributed by atoms with Crippen LogP contribution in [0.15, 0.2) is 24.3 Å². The van der Waals surface area contributed by atoms with Crippen molar-refractivity contribution in [2.24, 2.45) is 5.92 Å². The van der Waals surface area contributed by atoms with Crippen molar-refractivity contribution in [1.82, 2.24) is 10.2 Å². The third kappa shape index (κ3) is 5.80. The first-order valence-corrected chi connectivity index (χ1v) is 8.51. The molecule has 0 radical (unpaired) electrons. The molecule has 0 saturated carbocycles. The molecular weight excluding hydrogens is 256 g/mol. The van der Waals surface area contributed by atoms with Gasteiger partial charge in [0.25, 0.3) is 0 Å². The van der Waals surface area contributed by atoms with Crippen molar-refractivity contribution >= 4 is 0 Å². The fourth-order valence-corrected chi connectivity index (χ4v) is 3.04. The maximum atomic E-state index is 3.55. The van der Waals surface area contributed by atoms with Crippen molar-refractivity contribution < 1.29 is 0 Å². The van der Waals surface area contributed by atoms with Gasteiger partial charge in [-0.3, -0.25) is 4.90 Å². The first kappa shape index (κ1) is 16.5. The summed E-state index contributed by atoms with van der Waals surface area (Å²) in [7, 11) is 0. The molecule has 1 heterocycles. The van der Waals surface area contributed by atoms with Crippen LogP contribution in [0.4, 0.5) is 0 Å². The highest BCUT2D eigenvalue weighted by Crippen LogP contribution is 2.21. The molecule has 2 nitrogen and oxygen atoms in total. The molecule has 21 heavy (non-hydrogen) atoms. The van der Waals surface area contributed by atoms with Crippen LogP contribution in [-0.4, -0.2) is 30.1 Å². The van der Waals surface area contributed by atoms with Crippen molar-refractivity contribution in [3.05, 3.63) is 35.4 Å². The van der Waals surface area contributed by atoms with E-state index in [1.165, 1.54) is 37.1 Å². The number of benzene rings is 1. The minimum atomic E-state index is 0.214. The molecule has 118 valence electrons. The molecular formula is C19H32N2. The summed E-state index contributed by atoms with van der Waals surface area (Å²) in [6.45, 7) is 13.7. The zero-order valence-corrected chi connectivity index (χ0v) is 14.3. The summed E-state index contributed by atoms with van der Waals surface area (Å²) in [4.78, 5) is 2.60. The van der Waals surface area contributed by atoms with Crippen LogP contribution >= 0.6 is 0 Å². The Hall–Kier alpha value is -0.860. The van der Waals surface area contributed by atoms with Gasteiger partial charge in [-0.2, -0.15) is 0 Å². The molecule has 1 aliphatic rings. The van der Waals surface area contributed by atoms with E-state index in [0.717, 1.165) is 25.4 Å². The van der Waals surface area contributed by atoms with Gasteiger partial charge in [-0.05, 0) is 63.7 Å². The van der Waals surface area contributed by atoms with Crippen LogP contribution in [0.3, 0.4) is 0 Å². The number of hydrogen-bond acceptors (Lipinski definition) is 2. The van der Waals surface area contributed by atoms with Crippen LogP contribution in [-0.2, 0) is 13.0 Å². The van der Waals surface area contributed by atoms with Crippen molar-refractivity contribution in [2.75, 3.05) is 19.6 Å². The Morgan fingerprint density at radius 1 is 1.14 bits per heavy atom. The third-order valence-corrected chi connectivity index (χ3v) is 4.45. The Morgan fingerprint density at radius 2 is 1.81 bits per heavy atom. The molecule has 0 aromatic heterocycles. The second kappa shape index (κ2) is 7.42. The molecule has 0 spiro atoms. The highest BCUT2D eigenvalue weighted by atomic mass is 15.1. The van der Waals surface area contributed by atoms with E-state index in [9.17, 15) is 0 Å². The van der Waals surface area contributed by atoms with E-state index < -0.39 is 0 Å². The van der Waals surface area contributed by atoms with E-state index >= 15 is 0 Å². The topological polar surface area (TPSA) is 15.3 Å². The normalized spacial score (nSPS) is 20.1. The standard InChI is InChI=1S/C19H32N2/c1-5-16-11-13-21(14-16)15-18-8-6-17(7-9-18)10-12-20-19(2,3)4/h6-9,16,20H,5,10-15H2,1-4H3. The van der Waals surface area contributed by atoms with Gasteiger partial charge in [-0.1, -0.05) is 37.6 Å². The summed E-state index contributed by atoms with van der Waals surface area (Å²) < 4.78 is 0. The summed E-state index contributed by atoms with van der Waals surface area (Å²) in [5.41, 5.74) is 3.11. The van der Waals surface area contributed by atoms with Gasteiger partial charge in [0, 0.05) is 18.6 Å². The van der Waals surface area contributed by atoms with Crippen LogP contribution < -0.4 is 5.32 Å². The van der Waals surface area contributed by atoms with Gasteiger partial charge in [0.15, 0.2) is 0 Å². The molecule has 1 unspecified atom stereocenters. The molecule has 2 heteroatoms. The van der Waals surface area contributed by atoms with Crippen LogP contribution in [0.1, 0.15) is 51.7 Å². The molecule has 0 aliphatic carbocycles. The molecule has 1 aliphatic heterocycles. The Balaban J connectivity index is 1.77. The van der Waals surface area contributed by atoms with Crippen LogP contribution in [0.2, 0.25) is 0 Å². The molecule has 0 bridgehead atoms. The Bertz CT molecular complexity index is 416. The second-order valence-electron chi connectivity index (χ2n) is 7.54. The Morgan fingerprint density at radius 3 is 2.38 bits per heavy atom. The van der Waals surface area contributed by atoms with Crippen molar-refractivity contribution in [3.8, 4) is 0 Å². The van der Waals surface area contributed by atoms with Gasteiger partial charge in [-0.25, -0.2) is 0 Å². The second-order valence-corrected chi connectivity index (χ2v) is 7.54. The van der Waals surface area contributed by atoms with E-state index in [0.29, 0.717) is 0 Å². The van der Waals surface area contributed by atoms with Crippen molar-refractivity contribution in [2.45, 2.75) is 59.0 Å². The van der Waals surface area contributed by atoms with E-state index in [-0.39, 0.29) is 5.54 Å². The number of likely N-dealkylation sites (tertiary alicyclic amines) is 1. The lowest BCUT2D eigenvalue weighted by Crippen LogP contribution is -2.37. The molecule has 2 rings (SSSR count). The maximum Gasteiger partial charge on any atom is 0.0233 e. The minimum Gasteiger partial charge on any atom is -0.312 e. The smallest absolute Gasteiger partial charge is 0.0233 e. The maximum absolute atomic E-state index is 3.55. The summed E-state index contributed by atoms with van der Waals surface area (Å²) >= 11 is 0. The Labute approximate surface area is 130 Å². The monoisotopic (exact) mass is 288 g/mol. The van der Waals surface area contributed by atoms with Crippen LogP contribution in [0.5, 0.6) is 0 Å². The van der Waals surface area contributed by atoms with E-state index in [4.69, 9.17) is 0 Å². The number of hydrogen-bond donors (Lipinski definition) is 1. The number of nitrogens with one attached hydrogen (secondary N) is 1. The highest BCUT2D eigenvalue weighted by Gasteiger charge is 2.20. The molecule has 1 aromatic rings. The zero-order valence-electron chi connectivity index (χ0n) is 14.3. The largest absolute Gasteiger partial charge is 0.312 e. The minimum absolute atomic E-state index is 0.214. The first-order chi connectivity index (χ1) is 9.96.